The Morgan fingerprint density at radius 2 is 1.83 bits per heavy atom. The SMILES string of the molecule is CN(CC12CC3CC(CC(C3)C1)C2)C(=O)[C@H]1C[C@H]1c1cnn(C)c1. The number of nitrogens with zero attached hydrogens (tertiary/aromatic N) is 3. The van der Waals surface area contributed by atoms with E-state index >= 15 is 0 Å². The fourth-order valence-electron chi connectivity index (χ4n) is 6.82. The van der Waals surface area contributed by atoms with E-state index in [2.05, 4.69) is 23.2 Å². The van der Waals surface area contributed by atoms with E-state index in [1.54, 1.807) is 0 Å². The zero-order valence-electron chi connectivity index (χ0n) is 14.9. The van der Waals surface area contributed by atoms with Crippen molar-refractivity contribution in [2.24, 2.45) is 36.1 Å². The van der Waals surface area contributed by atoms with E-state index in [0.717, 1.165) is 30.7 Å². The van der Waals surface area contributed by atoms with Crippen molar-refractivity contribution in [3.63, 3.8) is 0 Å². The van der Waals surface area contributed by atoms with Gasteiger partial charge in [0.2, 0.25) is 5.91 Å². The molecule has 0 saturated heterocycles. The molecule has 0 radical (unpaired) electrons. The topological polar surface area (TPSA) is 38.1 Å². The molecule has 6 rings (SSSR count). The van der Waals surface area contributed by atoms with E-state index in [9.17, 15) is 4.79 Å². The second kappa shape index (κ2) is 5.09. The Balaban J connectivity index is 1.25. The van der Waals surface area contributed by atoms with E-state index in [0.29, 0.717) is 17.2 Å². The van der Waals surface area contributed by atoms with Gasteiger partial charge in [0.25, 0.3) is 0 Å². The molecule has 24 heavy (non-hydrogen) atoms. The lowest BCUT2D eigenvalue weighted by atomic mass is 9.49. The zero-order valence-corrected chi connectivity index (χ0v) is 14.9. The minimum Gasteiger partial charge on any atom is -0.345 e. The number of carbonyl (C=O) groups excluding carboxylic acids is 1. The number of amides is 1. The lowest BCUT2D eigenvalue weighted by Gasteiger charge is -2.57. The molecule has 4 nitrogen and oxygen atoms in total. The Labute approximate surface area is 144 Å². The monoisotopic (exact) mass is 327 g/mol. The summed E-state index contributed by atoms with van der Waals surface area (Å²) in [6.45, 7) is 1.01. The summed E-state index contributed by atoms with van der Waals surface area (Å²) >= 11 is 0. The predicted molar refractivity (Wildman–Crippen MR) is 92.3 cm³/mol. The summed E-state index contributed by atoms with van der Waals surface area (Å²) in [7, 11) is 4.00. The summed E-state index contributed by atoms with van der Waals surface area (Å²) < 4.78 is 1.84. The summed E-state index contributed by atoms with van der Waals surface area (Å²) in [6.07, 6.45) is 13.6. The van der Waals surface area contributed by atoms with Gasteiger partial charge in [0.15, 0.2) is 0 Å². The van der Waals surface area contributed by atoms with E-state index in [-0.39, 0.29) is 5.92 Å². The smallest absolute Gasteiger partial charge is 0.226 e. The highest BCUT2D eigenvalue weighted by Gasteiger charge is 2.52. The Bertz CT molecular complexity index is 628. The van der Waals surface area contributed by atoms with Gasteiger partial charge in [-0.15, -0.1) is 0 Å². The number of rotatable bonds is 4. The molecule has 0 aromatic carbocycles. The molecule has 1 amide bonds. The highest BCUT2D eigenvalue weighted by atomic mass is 16.2. The molecular weight excluding hydrogens is 298 g/mol. The quantitative estimate of drug-likeness (QED) is 0.852. The molecule has 1 heterocycles. The van der Waals surface area contributed by atoms with Crippen LogP contribution in [0, 0.1) is 29.1 Å². The third-order valence-corrected chi connectivity index (χ3v) is 7.37. The van der Waals surface area contributed by atoms with Crippen LogP contribution in [0.25, 0.3) is 0 Å². The first kappa shape index (κ1) is 15.0. The van der Waals surface area contributed by atoms with Gasteiger partial charge in [0.05, 0.1) is 6.20 Å². The maximum absolute atomic E-state index is 12.9. The van der Waals surface area contributed by atoms with Crippen molar-refractivity contribution in [2.75, 3.05) is 13.6 Å². The van der Waals surface area contributed by atoms with E-state index in [1.807, 2.05) is 17.9 Å². The van der Waals surface area contributed by atoms with Crippen molar-refractivity contribution in [2.45, 2.75) is 50.9 Å². The third-order valence-electron chi connectivity index (χ3n) is 7.37. The molecular formula is C20H29N3O. The second-order valence-corrected chi connectivity index (χ2v) is 9.51. The maximum atomic E-state index is 12.9. The molecule has 130 valence electrons. The first-order valence-corrected chi connectivity index (χ1v) is 9.75. The fraction of sp³-hybridized carbons (Fsp3) is 0.800. The highest BCUT2D eigenvalue weighted by Crippen LogP contribution is 2.60. The normalized spacial score (nSPS) is 42.3. The molecule has 5 saturated carbocycles. The molecule has 1 aromatic rings. The Morgan fingerprint density at radius 3 is 2.38 bits per heavy atom. The predicted octanol–water partition coefficient (Wildman–Crippen LogP) is 3.20. The first-order valence-electron chi connectivity index (χ1n) is 9.75. The highest BCUT2D eigenvalue weighted by molar-refractivity contribution is 5.82. The van der Waals surface area contributed by atoms with E-state index in [4.69, 9.17) is 0 Å². The van der Waals surface area contributed by atoms with Crippen molar-refractivity contribution >= 4 is 5.91 Å². The molecule has 5 fully saturated rings. The molecule has 0 unspecified atom stereocenters. The first-order chi connectivity index (χ1) is 11.5. The molecule has 0 spiro atoms. The second-order valence-electron chi connectivity index (χ2n) is 9.51. The van der Waals surface area contributed by atoms with Gasteiger partial charge in [-0.05, 0) is 79.6 Å². The van der Waals surface area contributed by atoms with Gasteiger partial charge < -0.3 is 4.90 Å². The molecule has 4 bridgehead atoms. The van der Waals surface area contributed by atoms with Crippen LogP contribution in [-0.4, -0.2) is 34.2 Å². The van der Waals surface area contributed by atoms with Gasteiger partial charge in [0, 0.05) is 32.8 Å². The van der Waals surface area contributed by atoms with Crippen molar-refractivity contribution in [3.8, 4) is 0 Å². The summed E-state index contributed by atoms with van der Waals surface area (Å²) in [6, 6.07) is 0. The molecule has 1 aromatic heterocycles. The van der Waals surface area contributed by atoms with Crippen molar-refractivity contribution in [1.29, 1.82) is 0 Å². The number of aryl methyl sites for hydroxylation is 1. The van der Waals surface area contributed by atoms with Crippen LogP contribution in [0.4, 0.5) is 0 Å². The van der Waals surface area contributed by atoms with Crippen LogP contribution in [0.1, 0.15) is 56.4 Å². The summed E-state index contributed by atoms with van der Waals surface area (Å²) in [5, 5.41) is 4.26. The summed E-state index contributed by atoms with van der Waals surface area (Å²) in [5.74, 6) is 3.87. The summed E-state index contributed by atoms with van der Waals surface area (Å²) in [4.78, 5) is 15.0. The number of hydrogen-bond donors (Lipinski definition) is 0. The molecule has 0 aliphatic heterocycles. The van der Waals surface area contributed by atoms with Crippen molar-refractivity contribution in [1.82, 2.24) is 14.7 Å². The van der Waals surface area contributed by atoms with Crippen LogP contribution in [0.15, 0.2) is 12.4 Å². The van der Waals surface area contributed by atoms with Gasteiger partial charge in [-0.2, -0.15) is 5.10 Å². The molecule has 4 heteroatoms. The van der Waals surface area contributed by atoms with Crippen molar-refractivity contribution < 1.29 is 4.79 Å². The maximum Gasteiger partial charge on any atom is 0.226 e. The summed E-state index contributed by atoms with van der Waals surface area (Å²) in [5.41, 5.74) is 1.69. The Kier molecular flexibility index (Phi) is 3.18. The number of carbonyl (C=O) groups is 1. The fourth-order valence-corrected chi connectivity index (χ4v) is 6.82. The van der Waals surface area contributed by atoms with Gasteiger partial charge in [-0.3, -0.25) is 9.48 Å². The average Bonchev–Trinajstić information content (AvgIpc) is 3.19. The molecule has 2 atom stereocenters. The largest absolute Gasteiger partial charge is 0.345 e. The van der Waals surface area contributed by atoms with Crippen LogP contribution in [-0.2, 0) is 11.8 Å². The van der Waals surface area contributed by atoms with Gasteiger partial charge in [0.1, 0.15) is 0 Å². The van der Waals surface area contributed by atoms with Gasteiger partial charge in [-0.25, -0.2) is 0 Å². The number of hydrogen-bond acceptors (Lipinski definition) is 2. The Morgan fingerprint density at radius 1 is 1.21 bits per heavy atom. The van der Waals surface area contributed by atoms with Gasteiger partial charge >= 0.3 is 0 Å². The number of aromatic nitrogens is 2. The van der Waals surface area contributed by atoms with Crippen molar-refractivity contribution in [3.05, 3.63) is 18.0 Å². The Hall–Kier alpha value is -1.32. The average molecular weight is 327 g/mol. The lowest BCUT2D eigenvalue weighted by Crippen LogP contribution is -2.51. The minimum absolute atomic E-state index is 0.202. The lowest BCUT2D eigenvalue weighted by molar-refractivity contribution is -0.136. The van der Waals surface area contributed by atoms with Crippen LogP contribution >= 0.6 is 0 Å². The molecule has 0 N–H and O–H groups in total. The standard InChI is InChI=1S/C20H29N3O/c1-22(19(24)18-6-17(18)16-10-21-23(2)11-16)12-20-7-13-3-14(8-20)5-15(4-13)9-20/h10-11,13-15,17-18H,3-9,12H2,1-2H3/t13?,14?,15?,17-,18-,20?/m0/s1. The van der Waals surface area contributed by atoms with E-state index in [1.165, 1.54) is 44.1 Å². The van der Waals surface area contributed by atoms with Crippen LogP contribution < -0.4 is 0 Å². The van der Waals surface area contributed by atoms with E-state index < -0.39 is 0 Å². The van der Waals surface area contributed by atoms with Crippen LogP contribution in [0.3, 0.4) is 0 Å². The van der Waals surface area contributed by atoms with Crippen LogP contribution in [0.2, 0.25) is 0 Å². The van der Waals surface area contributed by atoms with Gasteiger partial charge in [-0.1, -0.05) is 0 Å². The van der Waals surface area contributed by atoms with Crippen LogP contribution in [0.5, 0.6) is 0 Å². The minimum atomic E-state index is 0.202. The zero-order chi connectivity index (χ0) is 16.5. The molecule has 5 aliphatic carbocycles. The molecule has 5 aliphatic rings. The third kappa shape index (κ3) is 2.41.